The van der Waals surface area contributed by atoms with Crippen LogP contribution in [0.1, 0.15) is 29.8 Å². The van der Waals surface area contributed by atoms with Gasteiger partial charge in [-0.05, 0) is 19.4 Å². The van der Waals surface area contributed by atoms with Crippen LogP contribution >= 0.6 is 11.6 Å². The Bertz CT molecular complexity index is 634. The first kappa shape index (κ1) is 12.6. The lowest BCUT2D eigenvalue weighted by Crippen LogP contribution is -2.10. The van der Waals surface area contributed by atoms with Crippen molar-refractivity contribution in [1.29, 1.82) is 0 Å². The number of fused-ring (bicyclic) bond motifs is 1. The molecule has 0 spiro atoms. The maximum Gasteiger partial charge on any atom is 0.340 e. The van der Waals surface area contributed by atoms with Crippen molar-refractivity contribution in [2.45, 2.75) is 13.8 Å². The number of carbonyl (C=O) groups excluding carboxylic acids is 1. The second-order valence-electron chi connectivity index (χ2n) is 3.77. The maximum atomic E-state index is 11.8. The van der Waals surface area contributed by atoms with Crippen molar-refractivity contribution in [2.24, 2.45) is 0 Å². The lowest BCUT2D eigenvalue weighted by Gasteiger charge is -2.09. The van der Waals surface area contributed by atoms with E-state index in [0.29, 0.717) is 34.1 Å². The highest BCUT2D eigenvalue weighted by Crippen LogP contribution is 2.23. The van der Waals surface area contributed by atoms with E-state index in [1.54, 1.807) is 20.0 Å². The van der Waals surface area contributed by atoms with Crippen molar-refractivity contribution in [3.63, 3.8) is 0 Å². The van der Waals surface area contributed by atoms with Crippen LogP contribution in [0.2, 0.25) is 5.15 Å². The molecule has 5 nitrogen and oxygen atoms in total. The third-order valence-electron chi connectivity index (χ3n) is 2.38. The van der Waals surface area contributed by atoms with E-state index in [-0.39, 0.29) is 0 Å². The van der Waals surface area contributed by atoms with Gasteiger partial charge in [-0.3, -0.25) is 0 Å². The summed E-state index contributed by atoms with van der Waals surface area (Å²) in [6, 6.07) is 0. The minimum Gasteiger partial charge on any atom is -0.462 e. The van der Waals surface area contributed by atoms with Crippen molar-refractivity contribution in [1.82, 2.24) is 14.6 Å². The second-order valence-corrected chi connectivity index (χ2v) is 4.15. The van der Waals surface area contributed by atoms with Crippen LogP contribution in [0, 0.1) is 0 Å². The first-order valence-corrected chi connectivity index (χ1v) is 5.79. The van der Waals surface area contributed by atoms with Gasteiger partial charge in [0.15, 0.2) is 5.65 Å². The Morgan fingerprint density at radius 2 is 2.33 bits per heavy atom. The second kappa shape index (κ2) is 4.78. The Morgan fingerprint density at radius 3 is 2.94 bits per heavy atom. The van der Waals surface area contributed by atoms with Crippen molar-refractivity contribution in [3.8, 4) is 0 Å². The van der Waals surface area contributed by atoms with Crippen LogP contribution < -0.4 is 0 Å². The van der Waals surface area contributed by atoms with E-state index in [9.17, 15) is 4.79 Å². The monoisotopic (exact) mass is 265 g/mol. The molecule has 2 aromatic heterocycles. The van der Waals surface area contributed by atoms with E-state index in [1.807, 2.05) is 0 Å². The van der Waals surface area contributed by atoms with Gasteiger partial charge in [0.2, 0.25) is 0 Å². The minimum absolute atomic E-state index is 0.300. The lowest BCUT2D eigenvalue weighted by molar-refractivity contribution is 0.0525. The molecule has 0 aliphatic rings. The summed E-state index contributed by atoms with van der Waals surface area (Å²) >= 11 is 5.84. The Kier molecular flexibility index (Phi) is 3.34. The van der Waals surface area contributed by atoms with Gasteiger partial charge in [0.25, 0.3) is 0 Å². The number of rotatable bonds is 3. The molecule has 0 bridgehead atoms. The number of nitrogens with zero attached hydrogens (tertiary/aromatic N) is 3. The summed E-state index contributed by atoms with van der Waals surface area (Å²) in [6.07, 6.45) is 3.01. The van der Waals surface area contributed by atoms with E-state index < -0.39 is 5.97 Å². The van der Waals surface area contributed by atoms with Crippen molar-refractivity contribution in [3.05, 3.63) is 35.3 Å². The van der Waals surface area contributed by atoms with Crippen LogP contribution in [0.4, 0.5) is 0 Å². The van der Waals surface area contributed by atoms with Crippen LogP contribution in [0.5, 0.6) is 0 Å². The van der Waals surface area contributed by atoms with Crippen LogP contribution in [0.3, 0.4) is 0 Å². The summed E-state index contributed by atoms with van der Waals surface area (Å²) in [7, 11) is 0. The third-order valence-corrected chi connectivity index (χ3v) is 2.57. The van der Waals surface area contributed by atoms with Gasteiger partial charge in [0.05, 0.1) is 24.6 Å². The number of allylic oxidation sites excluding steroid dienone is 1. The van der Waals surface area contributed by atoms with Gasteiger partial charge < -0.3 is 4.74 Å². The summed E-state index contributed by atoms with van der Waals surface area (Å²) in [6.45, 7) is 7.70. The fraction of sp³-hybridized carbons (Fsp3) is 0.250. The quantitative estimate of drug-likeness (QED) is 0.801. The summed E-state index contributed by atoms with van der Waals surface area (Å²) in [5, 5.41) is 4.39. The molecule has 0 N–H and O–H groups in total. The van der Waals surface area contributed by atoms with Crippen LogP contribution in [0.25, 0.3) is 11.2 Å². The topological polar surface area (TPSA) is 56.5 Å². The molecule has 0 aromatic carbocycles. The molecule has 0 saturated heterocycles. The maximum absolute atomic E-state index is 11.8. The van der Waals surface area contributed by atoms with Crippen molar-refractivity contribution < 1.29 is 9.53 Å². The number of hydrogen-bond acceptors (Lipinski definition) is 4. The molecule has 0 radical (unpaired) electrons. The predicted molar refractivity (Wildman–Crippen MR) is 68.7 cm³/mol. The highest BCUT2D eigenvalue weighted by molar-refractivity contribution is 6.29. The summed E-state index contributed by atoms with van der Waals surface area (Å²) in [5.74, 6) is -0.440. The fourth-order valence-electron chi connectivity index (χ4n) is 1.69. The molecule has 0 saturated carbocycles. The Balaban J connectivity index is 2.70. The highest BCUT2D eigenvalue weighted by atomic mass is 35.5. The largest absolute Gasteiger partial charge is 0.462 e. The third kappa shape index (κ3) is 2.09. The van der Waals surface area contributed by atoms with E-state index in [4.69, 9.17) is 16.3 Å². The van der Waals surface area contributed by atoms with Crippen molar-refractivity contribution in [2.75, 3.05) is 6.61 Å². The number of esters is 1. The van der Waals surface area contributed by atoms with Gasteiger partial charge in [-0.2, -0.15) is 5.10 Å². The fourth-order valence-corrected chi connectivity index (χ4v) is 1.86. The normalized spacial score (nSPS) is 10.6. The van der Waals surface area contributed by atoms with E-state index in [0.717, 1.165) is 0 Å². The smallest absolute Gasteiger partial charge is 0.340 e. The average Bonchev–Trinajstić information content (AvgIpc) is 2.67. The predicted octanol–water partition coefficient (Wildman–Crippen LogP) is 2.59. The number of carbonyl (C=O) groups is 1. The van der Waals surface area contributed by atoms with Crippen LogP contribution in [-0.4, -0.2) is 27.2 Å². The molecule has 2 aromatic rings. The first-order valence-electron chi connectivity index (χ1n) is 5.41. The first-order chi connectivity index (χ1) is 8.54. The molecule has 18 heavy (non-hydrogen) atoms. The Morgan fingerprint density at radius 1 is 1.61 bits per heavy atom. The lowest BCUT2D eigenvalue weighted by atomic mass is 10.1. The molecule has 0 aliphatic carbocycles. The van der Waals surface area contributed by atoms with Crippen LogP contribution in [-0.2, 0) is 4.74 Å². The van der Waals surface area contributed by atoms with Crippen LogP contribution in [0.15, 0.2) is 19.0 Å². The molecule has 0 fully saturated rings. The molecule has 2 rings (SSSR count). The van der Waals surface area contributed by atoms with Gasteiger partial charge in [-0.25, -0.2) is 14.3 Å². The van der Waals surface area contributed by atoms with E-state index in [1.165, 1.54) is 10.7 Å². The molecule has 0 amide bonds. The zero-order valence-corrected chi connectivity index (χ0v) is 10.9. The Hall–Kier alpha value is -1.88. The molecular weight excluding hydrogens is 254 g/mol. The van der Waals surface area contributed by atoms with E-state index >= 15 is 0 Å². The van der Waals surface area contributed by atoms with Gasteiger partial charge in [0, 0.05) is 5.56 Å². The summed E-state index contributed by atoms with van der Waals surface area (Å²) < 4.78 is 6.49. The average molecular weight is 266 g/mol. The molecule has 0 aliphatic heterocycles. The zero-order valence-electron chi connectivity index (χ0n) is 10.1. The summed E-state index contributed by atoms with van der Waals surface area (Å²) in [4.78, 5) is 16.0. The van der Waals surface area contributed by atoms with Gasteiger partial charge >= 0.3 is 5.97 Å². The molecule has 0 atom stereocenters. The van der Waals surface area contributed by atoms with Gasteiger partial charge in [-0.1, -0.05) is 18.2 Å². The minimum atomic E-state index is -0.440. The molecular formula is C12H12ClN3O2. The summed E-state index contributed by atoms with van der Waals surface area (Å²) in [5.41, 5.74) is 2.15. The number of ether oxygens (including phenoxy) is 1. The number of aromatic nitrogens is 3. The number of hydrogen-bond donors (Lipinski definition) is 0. The molecule has 2 heterocycles. The molecule has 6 heteroatoms. The number of imidazole rings is 1. The standard InChI is InChI=1S/C12H12ClN3O2/c1-4-18-12(17)8-5-14-16-6-9(13)15-11(16)10(8)7(2)3/h5-6H,2,4H2,1,3H3. The molecule has 94 valence electrons. The highest BCUT2D eigenvalue weighted by Gasteiger charge is 2.18. The van der Waals surface area contributed by atoms with Gasteiger partial charge in [-0.15, -0.1) is 0 Å². The molecule has 0 unspecified atom stereocenters. The van der Waals surface area contributed by atoms with Crippen molar-refractivity contribution >= 4 is 28.8 Å². The SMILES string of the molecule is C=C(C)c1c(C(=O)OCC)cnn2cc(Cl)nc12. The number of halogens is 1. The van der Waals surface area contributed by atoms with E-state index in [2.05, 4.69) is 16.7 Å². The van der Waals surface area contributed by atoms with Gasteiger partial charge in [0.1, 0.15) is 5.15 Å². The zero-order chi connectivity index (χ0) is 13.3. The Labute approximate surface area is 109 Å².